The highest BCUT2D eigenvalue weighted by Crippen LogP contribution is 2.42. The summed E-state index contributed by atoms with van der Waals surface area (Å²) >= 11 is 0. The molecule has 0 saturated carbocycles. The van der Waals surface area contributed by atoms with Gasteiger partial charge < -0.3 is 14.8 Å². The van der Waals surface area contributed by atoms with Crippen molar-refractivity contribution in [2.75, 3.05) is 46.0 Å². The van der Waals surface area contributed by atoms with E-state index < -0.39 is 0 Å². The molecule has 4 heterocycles. The quantitative estimate of drug-likeness (QED) is 0.838. The molecule has 3 fully saturated rings. The number of pyridine rings is 1. The maximum atomic E-state index is 12.1. The Labute approximate surface area is 155 Å². The molecule has 0 radical (unpaired) electrons. The summed E-state index contributed by atoms with van der Waals surface area (Å²) in [5.41, 5.74) is 0.704. The molecule has 1 spiro atoms. The minimum atomic E-state index is -0.0184. The first-order valence-electron chi connectivity index (χ1n) is 9.87. The lowest BCUT2D eigenvalue weighted by atomic mass is 9.78. The second kappa shape index (κ2) is 8.03. The topological polar surface area (TPSA) is 63.7 Å². The molecule has 6 heteroatoms. The monoisotopic (exact) mass is 359 g/mol. The summed E-state index contributed by atoms with van der Waals surface area (Å²) in [6.07, 6.45) is 7.77. The molecule has 0 bridgehead atoms. The number of carbonyl (C=O) groups is 1. The normalized spacial score (nSPS) is 25.9. The first kappa shape index (κ1) is 17.9. The molecule has 3 saturated heterocycles. The van der Waals surface area contributed by atoms with E-state index in [1.165, 1.54) is 19.4 Å². The minimum absolute atomic E-state index is 0.0184. The van der Waals surface area contributed by atoms with Gasteiger partial charge >= 0.3 is 0 Å². The van der Waals surface area contributed by atoms with E-state index in [0.717, 1.165) is 51.7 Å². The van der Waals surface area contributed by atoms with Crippen molar-refractivity contribution in [2.45, 2.75) is 31.3 Å². The fourth-order valence-electron chi connectivity index (χ4n) is 4.64. The predicted octanol–water partition coefficient (Wildman–Crippen LogP) is 1.72. The van der Waals surface area contributed by atoms with Crippen molar-refractivity contribution in [1.29, 1.82) is 0 Å². The van der Waals surface area contributed by atoms with E-state index in [-0.39, 0.29) is 11.5 Å². The first-order valence-corrected chi connectivity index (χ1v) is 9.87. The molecule has 26 heavy (non-hydrogen) atoms. The summed E-state index contributed by atoms with van der Waals surface area (Å²) in [5.74, 6) is 1.31. The molecule has 142 valence electrons. The highest BCUT2D eigenvalue weighted by Gasteiger charge is 2.52. The van der Waals surface area contributed by atoms with Gasteiger partial charge in [-0.15, -0.1) is 0 Å². The Morgan fingerprint density at radius 1 is 1.19 bits per heavy atom. The molecular formula is C20H29N3O3. The average molecular weight is 359 g/mol. The Balaban J connectivity index is 1.21. The number of hydrogen-bond acceptors (Lipinski definition) is 5. The maximum absolute atomic E-state index is 12.1. The number of nitrogens with zero attached hydrogens (tertiary/aromatic N) is 2. The maximum Gasteiger partial charge on any atom is 0.251 e. The Morgan fingerprint density at radius 2 is 1.96 bits per heavy atom. The van der Waals surface area contributed by atoms with Crippen molar-refractivity contribution in [3.8, 4) is 0 Å². The van der Waals surface area contributed by atoms with Crippen LogP contribution in [0.15, 0.2) is 24.5 Å². The van der Waals surface area contributed by atoms with Crippen molar-refractivity contribution >= 4 is 5.91 Å². The first-order chi connectivity index (χ1) is 12.8. The number of aromatic nitrogens is 1. The van der Waals surface area contributed by atoms with Crippen LogP contribution >= 0.6 is 0 Å². The summed E-state index contributed by atoms with van der Waals surface area (Å²) in [6.45, 7) is 6.67. The van der Waals surface area contributed by atoms with Gasteiger partial charge in [0, 0.05) is 64.0 Å². The van der Waals surface area contributed by atoms with Gasteiger partial charge in [-0.25, -0.2) is 0 Å². The summed E-state index contributed by atoms with van der Waals surface area (Å²) in [5, 5.41) is 3.04. The molecule has 3 aliphatic heterocycles. The third kappa shape index (κ3) is 3.92. The fraction of sp³-hybridized carbons (Fsp3) is 0.700. The van der Waals surface area contributed by atoms with E-state index in [2.05, 4.69) is 15.2 Å². The number of amides is 1. The standard InChI is InChI=1S/C20H29N3O3/c24-19(17-1-7-21-8-2-17)22-9-3-18-6-12-26-20(18)14-23(15-20)13-16-4-10-25-11-5-16/h1-2,7-8,16,18H,3-6,9-15H2,(H,22,24)/t18-/m1/s1. The van der Waals surface area contributed by atoms with Crippen molar-refractivity contribution in [3.63, 3.8) is 0 Å². The van der Waals surface area contributed by atoms with Crippen molar-refractivity contribution in [1.82, 2.24) is 15.2 Å². The highest BCUT2D eigenvalue weighted by atomic mass is 16.5. The van der Waals surface area contributed by atoms with E-state index in [1.807, 2.05) is 0 Å². The van der Waals surface area contributed by atoms with E-state index in [9.17, 15) is 4.79 Å². The lowest BCUT2D eigenvalue weighted by Gasteiger charge is -2.51. The van der Waals surface area contributed by atoms with Crippen molar-refractivity contribution in [3.05, 3.63) is 30.1 Å². The average Bonchev–Trinajstić information content (AvgIpc) is 3.07. The lowest BCUT2D eigenvalue weighted by molar-refractivity contribution is -0.139. The van der Waals surface area contributed by atoms with Gasteiger partial charge in [0.15, 0.2) is 0 Å². The van der Waals surface area contributed by atoms with E-state index in [4.69, 9.17) is 9.47 Å². The zero-order valence-corrected chi connectivity index (χ0v) is 15.4. The van der Waals surface area contributed by atoms with Crippen molar-refractivity contribution in [2.24, 2.45) is 11.8 Å². The summed E-state index contributed by atoms with van der Waals surface area (Å²) in [4.78, 5) is 18.6. The number of carbonyl (C=O) groups excluding carboxylic acids is 1. The Hall–Kier alpha value is -1.50. The molecule has 0 aromatic carbocycles. The lowest BCUT2D eigenvalue weighted by Crippen LogP contribution is -2.65. The van der Waals surface area contributed by atoms with Gasteiger partial charge in [-0.1, -0.05) is 0 Å². The Kier molecular flexibility index (Phi) is 5.52. The SMILES string of the molecule is O=C(NCC[C@@H]1CCOC12CN(CC1CCOCC1)C2)c1ccncc1. The minimum Gasteiger partial charge on any atom is -0.381 e. The van der Waals surface area contributed by atoms with Crippen LogP contribution in [0.2, 0.25) is 0 Å². The van der Waals surface area contributed by atoms with Crippen LogP contribution < -0.4 is 5.32 Å². The second-order valence-electron chi connectivity index (χ2n) is 7.90. The molecule has 1 aromatic heterocycles. The number of hydrogen-bond donors (Lipinski definition) is 1. The fourth-order valence-corrected chi connectivity index (χ4v) is 4.64. The molecule has 1 aromatic rings. The molecular weight excluding hydrogens is 330 g/mol. The third-order valence-electron chi connectivity index (χ3n) is 6.16. The summed E-state index contributed by atoms with van der Waals surface area (Å²) < 4.78 is 11.6. The van der Waals surface area contributed by atoms with Crippen LogP contribution in [0.3, 0.4) is 0 Å². The van der Waals surface area contributed by atoms with Crippen LogP contribution in [0.5, 0.6) is 0 Å². The molecule has 4 rings (SSSR count). The summed E-state index contributed by atoms with van der Waals surface area (Å²) in [6, 6.07) is 3.49. The van der Waals surface area contributed by atoms with Gasteiger partial charge in [-0.2, -0.15) is 0 Å². The van der Waals surface area contributed by atoms with Gasteiger partial charge in [-0.3, -0.25) is 14.7 Å². The molecule has 1 N–H and O–H groups in total. The molecule has 0 aliphatic carbocycles. The largest absolute Gasteiger partial charge is 0.381 e. The van der Waals surface area contributed by atoms with Crippen LogP contribution in [-0.4, -0.2) is 67.4 Å². The molecule has 1 atom stereocenters. The van der Waals surface area contributed by atoms with Gasteiger partial charge in [0.1, 0.15) is 0 Å². The molecule has 1 amide bonds. The number of ether oxygens (including phenoxy) is 2. The zero-order valence-electron chi connectivity index (χ0n) is 15.4. The van der Waals surface area contributed by atoms with E-state index in [0.29, 0.717) is 18.0 Å². The highest BCUT2D eigenvalue weighted by molar-refractivity contribution is 5.93. The number of rotatable bonds is 6. The smallest absolute Gasteiger partial charge is 0.251 e. The Morgan fingerprint density at radius 3 is 2.73 bits per heavy atom. The van der Waals surface area contributed by atoms with E-state index >= 15 is 0 Å². The van der Waals surface area contributed by atoms with Gasteiger partial charge in [0.25, 0.3) is 5.91 Å². The number of nitrogens with one attached hydrogen (secondary N) is 1. The summed E-state index contributed by atoms with van der Waals surface area (Å²) in [7, 11) is 0. The zero-order chi connectivity index (χ0) is 17.8. The van der Waals surface area contributed by atoms with Crippen LogP contribution in [0.4, 0.5) is 0 Å². The van der Waals surface area contributed by atoms with Crippen molar-refractivity contribution < 1.29 is 14.3 Å². The third-order valence-corrected chi connectivity index (χ3v) is 6.16. The van der Waals surface area contributed by atoms with Crippen LogP contribution in [-0.2, 0) is 9.47 Å². The second-order valence-corrected chi connectivity index (χ2v) is 7.90. The van der Waals surface area contributed by atoms with Gasteiger partial charge in [0.2, 0.25) is 0 Å². The van der Waals surface area contributed by atoms with Gasteiger partial charge in [-0.05, 0) is 49.7 Å². The molecule has 0 unspecified atom stereocenters. The van der Waals surface area contributed by atoms with Crippen LogP contribution in [0.25, 0.3) is 0 Å². The van der Waals surface area contributed by atoms with Crippen LogP contribution in [0, 0.1) is 11.8 Å². The predicted molar refractivity (Wildman–Crippen MR) is 98.0 cm³/mol. The van der Waals surface area contributed by atoms with Gasteiger partial charge in [0.05, 0.1) is 5.60 Å². The number of likely N-dealkylation sites (tertiary alicyclic amines) is 1. The Bertz CT molecular complexity index is 598. The van der Waals surface area contributed by atoms with Crippen LogP contribution in [0.1, 0.15) is 36.0 Å². The molecule has 3 aliphatic rings. The van der Waals surface area contributed by atoms with E-state index in [1.54, 1.807) is 24.5 Å². The molecule has 6 nitrogen and oxygen atoms in total.